The molecule has 2 atom stereocenters. The summed E-state index contributed by atoms with van der Waals surface area (Å²) in [6, 6.07) is 15.1. The van der Waals surface area contributed by atoms with Crippen molar-refractivity contribution in [3.63, 3.8) is 0 Å². The number of para-hydroxylation sites is 1. The van der Waals surface area contributed by atoms with Crippen LogP contribution in [0.5, 0.6) is 5.75 Å². The summed E-state index contributed by atoms with van der Waals surface area (Å²) in [6.45, 7) is 1.94. The number of fused-ring (bicyclic) bond motifs is 2. The highest BCUT2D eigenvalue weighted by Gasteiger charge is 2.33. The van der Waals surface area contributed by atoms with Crippen LogP contribution in [0.4, 0.5) is 4.39 Å². The van der Waals surface area contributed by atoms with Crippen molar-refractivity contribution in [2.24, 2.45) is 0 Å². The number of hydrogen-bond donors (Lipinski definition) is 0. The first-order chi connectivity index (χ1) is 15.1. The van der Waals surface area contributed by atoms with E-state index in [-0.39, 0.29) is 11.9 Å². The van der Waals surface area contributed by atoms with Gasteiger partial charge < -0.3 is 14.1 Å². The first-order valence-electron chi connectivity index (χ1n) is 9.77. The SMILES string of the molecule is CC(C1=C(c2cccc(F)c2)C(C=O)c2ccccc2O1)n1ccc2ncnc(Cl)c21. The number of hydrogen-bond acceptors (Lipinski definition) is 4. The highest BCUT2D eigenvalue weighted by Crippen LogP contribution is 2.46. The van der Waals surface area contributed by atoms with Crippen LogP contribution in [-0.2, 0) is 4.79 Å². The molecule has 0 amide bonds. The maximum absolute atomic E-state index is 14.1. The number of ether oxygens (including phenoxy) is 1. The minimum absolute atomic E-state index is 0.318. The zero-order chi connectivity index (χ0) is 21.5. The molecule has 5 nitrogen and oxygen atoms in total. The zero-order valence-electron chi connectivity index (χ0n) is 16.5. The molecule has 31 heavy (non-hydrogen) atoms. The van der Waals surface area contributed by atoms with Gasteiger partial charge in [-0.1, -0.05) is 41.9 Å². The van der Waals surface area contributed by atoms with Gasteiger partial charge >= 0.3 is 0 Å². The van der Waals surface area contributed by atoms with Gasteiger partial charge in [0.2, 0.25) is 0 Å². The van der Waals surface area contributed by atoms with Gasteiger partial charge in [-0.25, -0.2) is 14.4 Å². The molecule has 4 aromatic rings. The fraction of sp³-hybridized carbons (Fsp3) is 0.125. The summed E-state index contributed by atoms with van der Waals surface area (Å²) >= 11 is 6.36. The molecule has 0 saturated carbocycles. The van der Waals surface area contributed by atoms with E-state index in [4.69, 9.17) is 16.3 Å². The summed E-state index contributed by atoms with van der Waals surface area (Å²) in [5.74, 6) is 0.153. The molecule has 0 bridgehead atoms. The normalized spacial score (nSPS) is 16.7. The Morgan fingerprint density at radius 3 is 2.81 bits per heavy atom. The van der Waals surface area contributed by atoms with E-state index in [2.05, 4.69) is 9.97 Å². The molecule has 0 aliphatic carbocycles. The van der Waals surface area contributed by atoms with Crippen molar-refractivity contribution in [3.05, 3.63) is 95.0 Å². The van der Waals surface area contributed by atoms with E-state index < -0.39 is 5.92 Å². The van der Waals surface area contributed by atoms with Crippen molar-refractivity contribution in [1.29, 1.82) is 0 Å². The third kappa shape index (κ3) is 3.20. The minimum Gasteiger partial charge on any atom is -0.459 e. The van der Waals surface area contributed by atoms with Crippen molar-refractivity contribution in [1.82, 2.24) is 14.5 Å². The quantitative estimate of drug-likeness (QED) is 0.312. The van der Waals surface area contributed by atoms with Gasteiger partial charge in [0.25, 0.3) is 0 Å². The average Bonchev–Trinajstić information content (AvgIpc) is 3.23. The van der Waals surface area contributed by atoms with Gasteiger partial charge in [-0.15, -0.1) is 0 Å². The fourth-order valence-corrected chi connectivity index (χ4v) is 4.39. The number of nitrogens with zero attached hydrogens (tertiary/aromatic N) is 3. The van der Waals surface area contributed by atoms with Crippen molar-refractivity contribution in [3.8, 4) is 5.75 Å². The van der Waals surface area contributed by atoms with E-state index >= 15 is 0 Å². The number of carbonyl (C=O) groups excluding carboxylic acids is 1. The zero-order valence-corrected chi connectivity index (χ0v) is 17.3. The first-order valence-corrected chi connectivity index (χ1v) is 10.2. The summed E-state index contributed by atoms with van der Waals surface area (Å²) in [7, 11) is 0. The van der Waals surface area contributed by atoms with Crippen LogP contribution in [0.2, 0.25) is 5.15 Å². The smallest absolute Gasteiger partial charge is 0.156 e. The maximum Gasteiger partial charge on any atom is 0.156 e. The lowest BCUT2D eigenvalue weighted by molar-refractivity contribution is -0.108. The molecule has 0 fully saturated rings. The number of aromatic nitrogens is 3. The first kappa shape index (κ1) is 19.5. The van der Waals surface area contributed by atoms with Gasteiger partial charge in [0.05, 0.1) is 17.5 Å². The standard InChI is InChI=1S/C24H17ClFN3O2/c1-14(29-10-9-19-22(29)24(25)28-13-27-19)23-21(15-5-4-6-16(26)11-15)18(12-30)17-7-2-3-8-20(17)31-23/h2-14,18H,1H3. The molecule has 3 heterocycles. The van der Waals surface area contributed by atoms with Gasteiger partial charge in [0, 0.05) is 17.3 Å². The Hall–Kier alpha value is -3.51. The van der Waals surface area contributed by atoms with Crippen LogP contribution in [0.25, 0.3) is 16.6 Å². The van der Waals surface area contributed by atoms with Crippen LogP contribution in [0.15, 0.2) is 72.9 Å². The second-order valence-corrected chi connectivity index (χ2v) is 7.70. The van der Waals surface area contributed by atoms with Crippen molar-refractivity contribution in [2.75, 3.05) is 0 Å². The summed E-state index contributed by atoms with van der Waals surface area (Å²) in [4.78, 5) is 20.6. The van der Waals surface area contributed by atoms with Crippen LogP contribution in [0.3, 0.4) is 0 Å². The average molecular weight is 434 g/mol. The van der Waals surface area contributed by atoms with Gasteiger partial charge in [-0.05, 0) is 36.8 Å². The van der Waals surface area contributed by atoms with Crippen LogP contribution >= 0.6 is 11.6 Å². The van der Waals surface area contributed by atoms with E-state index in [1.807, 2.05) is 48.0 Å². The van der Waals surface area contributed by atoms with Crippen LogP contribution in [-0.4, -0.2) is 20.8 Å². The Morgan fingerprint density at radius 1 is 1.16 bits per heavy atom. The lowest BCUT2D eigenvalue weighted by Gasteiger charge is -2.31. The molecule has 7 heteroatoms. The molecule has 2 aromatic heterocycles. The lowest BCUT2D eigenvalue weighted by Crippen LogP contribution is -2.22. The van der Waals surface area contributed by atoms with Crippen molar-refractivity contribution >= 4 is 34.5 Å². The molecular formula is C24H17ClFN3O2. The summed E-state index contributed by atoms with van der Waals surface area (Å²) < 4.78 is 22.4. The number of benzene rings is 2. The molecule has 0 N–H and O–H groups in total. The predicted molar refractivity (Wildman–Crippen MR) is 116 cm³/mol. The molecule has 5 rings (SSSR count). The fourth-order valence-electron chi connectivity index (χ4n) is 4.15. The molecular weight excluding hydrogens is 417 g/mol. The van der Waals surface area contributed by atoms with E-state index in [1.165, 1.54) is 18.5 Å². The number of halogens is 2. The van der Waals surface area contributed by atoms with E-state index in [0.717, 1.165) is 11.8 Å². The summed E-state index contributed by atoms with van der Waals surface area (Å²) in [5.41, 5.74) is 3.31. The molecule has 154 valence electrons. The molecule has 1 aliphatic rings. The molecule has 0 spiro atoms. The Labute approximate surface area is 182 Å². The molecule has 2 aromatic carbocycles. The van der Waals surface area contributed by atoms with E-state index in [0.29, 0.717) is 38.8 Å². The summed E-state index contributed by atoms with van der Waals surface area (Å²) in [5, 5.41) is 0.318. The Bertz CT molecular complexity index is 1350. The molecule has 1 aliphatic heterocycles. The molecule has 2 unspecified atom stereocenters. The lowest BCUT2D eigenvalue weighted by atomic mass is 9.83. The van der Waals surface area contributed by atoms with Crippen molar-refractivity contribution in [2.45, 2.75) is 18.9 Å². The topological polar surface area (TPSA) is 57.0 Å². The Balaban J connectivity index is 1.76. The molecule has 0 saturated heterocycles. The summed E-state index contributed by atoms with van der Waals surface area (Å²) in [6.07, 6.45) is 4.14. The monoisotopic (exact) mass is 433 g/mol. The second kappa shape index (κ2) is 7.63. The largest absolute Gasteiger partial charge is 0.459 e. The highest BCUT2D eigenvalue weighted by molar-refractivity contribution is 6.33. The van der Waals surface area contributed by atoms with E-state index in [1.54, 1.807) is 12.1 Å². The third-order valence-corrected chi connectivity index (χ3v) is 5.85. The number of aldehydes is 1. The highest BCUT2D eigenvalue weighted by atomic mass is 35.5. The van der Waals surface area contributed by atoms with Gasteiger partial charge in [0.1, 0.15) is 35.5 Å². The Kier molecular flexibility index (Phi) is 4.79. The van der Waals surface area contributed by atoms with Crippen LogP contribution in [0.1, 0.15) is 30.0 Å². The third-order valence-electron chi connectivity index (χ3n) is 5.58. The maximum atomic E-state index is 14.1. The number of rotatable bonds is 4. The Morgan fingerprint density at radius 2 is 2.00 bits per heavy atom. The van der Waals surface area contributed by atoms with E-state index in [9.17, 15) is 9.18 Å². The van der Waals surface area contributed by atoms with Crippen LogP contribution < -0.4 is 4.74 Å². The number of allylic oxidation sites excluding steroid dienone is 2. The van der Waals surface area contributed by atoms with Gasteiger partial charge in [-0.2, -0.15) is 0 Å². The number of carbonyl (C=O) groups is 1. The molecule has 0 radical (unpaired) electrons. The minimum atomic E-state index is -0.599. The predicted octanol–water partition coefficient (Wildman–Crippen LogP) is 5.57. The van der Waals surface area contributed by atoms with Crippen LogP contribution in [0, 0.1) is 5.82 Å². The van der Waals surface area contributed by atoms with Gasteiger partial charge in [-0.3, -0.25) is 0 Å². The van der Waals surface area contributed by atoms with Gasteiger partial charge in [0.15, 0.2) is 5.15 Å². The second-order valence-electron chi connectivity index (χ2n) is 7.34. The van der Waals surface area contributed by atoms with Crippen molar-refractivity contribution < 1.29 is 13.9 Å².